The smallest absolute Gasteiger partial charge is 0.304 e. The van der Waals surface area contributed by atoms with Crippen LogP contribution >= 0.6 is 11.6 Å². The normalized spacial score (nSPS) is 10.2. The van der Waals surface area contributed by atoms with Crippen molar-refractivity contribution in [3.8, 4) is 5.75 Å². The van der Waals surface area contributed by atoms with Crippen LogP contribution in [0.4, 0.5) is 0 Å². The summed E-state index contributed by atoms with van der Waals surface area (Å²) < 4.78 is 5.46. The minimum Gasteiger partial charge on any atom is -0.494 e. The first-order valence-electron chi connectivity index (χ1n) is 5.47. The van der Waals surface area contributed by atoms with E-state index in [4.69, 9.17) is 21.4 Å². The summed E-state index contributed by atoms with van der Waals surface area (Å²) >= 11 is 5.90. The standard InChI is InChI=1S/C12H16ClNO3/c1-2-17-11-4-3-10(13)7-9(11)8-14-6-5-12(15)16/h3-4,7,14H,2,5-6,8H2,1H3,(H,15,16). The first kappa shape index (κ1) is 13.8. The summed E-state index contributed by atoms with van der Waals surface area (Å²) in [6.45, 7) is 3.47. The lowest BCUT2D eigenvalue weighted by Crippen LogP contribution is -2.18. The molecule has 0 radical (unpaired) electrons. The zero-order valence-electron chi connectivity index (χ0n) is 9.70. The molecule has 1 rings (SSSR count). The van der Waals surface area contributed by atoms with Crippen LogP contribution in [0.2, 0.25) is 5.02 Å². The van der Waals surface area contributed by atoms with Crippen molar-refractivity contribution in [3.05, 3.63) is 28.8 Å². The van der Waals surface area contributed by atoms with Gasteiger partial charge in [-0.05, 0) is 25.1 Å². The molecule has 0 bridgehead atoms. The molecule has 0 unspecified atom stereocenters. The third-order valence-corrected chi connectivity index (χ3v) is 2.39. The van der Waals surface area contributed by atoms with E-state index in [9.17, 15) is 4.79 Å². The lowest BCUT2D eigenvalue weighted by Gasteiger charge is -2.11. The maximum absolute atomic E-state index is 10.3. The highest BCUT2D eigenvalue weighted by Crippen LogP contribution is 2.22. The monoisotopic (exact) mass is 257 g/mol. The van der Waals surface area contributed by atoms with E-state index in [1.54, 1.807) is 6.07 Å². The number of hydrogen-bond donors (Lipinski definition) is 2. The van der Waals surface area contributed by atoms with E-state index < -0.39 is 5.97 Å². The van der Waals surface area contributed by atoms with E-state index in [0.29, 0.717) is 24.7 Å². The topological polar surface area (TPSA) is 58.6 Å². The molecule has 0 spiro atoms. The Hall–Kier alpha value is -1.26. The van der Waals surface area contributed by atoms with Crippen molar-refractivity contribution < 1.29 is 14.6 Å². The van der Waals surface area contributed by atoms with Gasteiger partial charge in [-0.3, -0.25) is 4.79 Å². The quantitative estimate of drug-likeness (QED) is 0.736. The minimum atomic E-state index is -0.811. The predicted molar refractivity (Wildman–Crippen MR) is 66.6 cm³/mol. The van der Waals surface area contributed by atoms with Crippen molar-refractivity contribution in [1.82, 2.24) is 5.32 Å². The average Bonchev–Trinajstić information content (AvgIpc) is 2.28. The van der Waals surface area contributed by atoms with Crippen molar-refractivity contribution in [1.29, 1.82) is 0 Å². The molecular formula is C12H16ClNO3. The van der Waals surface area contributed by atoms with Crippen LogP contribution in [0.5, 0.6) is 5.75 Å². The van der Waals surface area contributed by atoms with Gasteiger partial charge in [0.25, 0.3) is 0 Å². The Balaban J connectivity index is 2.55. The first-order valence-corrected chi connectivity index (χ1v) is 5.85. The van der Waals surface area contributed by atoms with Crippen LogP contribution in [0, 0.1) is 0 Å². The van der Waals surface area contributed by atoms with Crippen molar-refractivity contribution in [2.45, 2.75) is 19.9 Å². The van der Waals surface area contributed by atoms with Gasteiger partial charge in [-0.15, -0.1) is 0 Å². The Morgan fingerprint density at radius 1 is 1.53 bits per heavy atom. The number of carboxylic acids is 1. The summed E-state index contributed by atoms with van der Waals surface area (Å²) in [6.07, 6.45) is 0.102. The maximum Gasteiger partial charge on any atom is 0.304 e. The van der Waals surface area contributed by atoms with Crippen LogP contribution in [-0.2, 0) is 11.3 Å². The predicted octanol–water partition coefficient (Wildman–Crippen LogP) is 2.30. The molecule has 0 heterocycles. The number of hydrogen-bond acceptors (Lipinski definition) is 3. The number of ether oxygens (including phenoxy) is 1. The number of benzene rings is 1. The Morgan fingerprint density at radius 2 is 2.29 bits per heavy atom. The van der Waals surface area contributed by atoms with Crippen LogP contribution in [0.3, 0.4) is 0 Å². The number of carbonyl (C=O) groups is 1. The van der Waals surface area contributed by atoms with Crippen LogP contribution in [-0.4, -0.2) is 24.2 Å². The molecule has 0 fully saturated rings. The van der Waals surface area contributed by atoms with Gasteiger partial charge in [-0.2, -0.15) is 0 Å². The second kappa shape index (κ2) is 7.14. The SMILES string of the molecule is CCOc1ccc(Cl)cc1CNCCC(=O)O. The Labute approximate surface area is 106 Å². The second-order valence-electron chi connectivity index (χ2n) is 3.51. The van der Waals surface area contributed by atoms with Gasteiger partial charge in [0.15, 0.2) is 0 Å². The molecule has 4 nitrogen and oxygen atoms in total. The molecule has 2 N–H and O–H groups in total. The van der Waals surface area contributed by atoms with Crippen molar-refractivity contribution in [3.63, 3.8) is 0 Å². The van der Waals surface area contributed by atoms with Gasteiger partial charge in [-0.1, -0.05) is 11.6 Å². The van der Waals surface area contributed by atoms with Crippen molar-refractivity contribution in [2.24, 2.45) is 0 Å². The van der Waals surface area contributed by atoms with E-state index in [1.165, 1.54) is 0 Å². The molecule has 0 atom stereocenters. The molecule has 0 amide bonds. The van der Waals surface area contributed by atoms with Crippen LogP contribution in [0.1, 0.15) is 18.9 Å². The molecule has 1 aromatic carbocycles. The number of rotatable bonds is 7. The summed E-state index contributed by atoms with van der Waals surface area (Å²) in [4.78, 5) is 10.3. The van der Waals surface area contributed by atoms with Crippen LogP contribution in [0.15, 0.2) is 18.2 Å². The van der Waals surface area contributed by atoms with E-state index in [-0.39, 0.29) is 6.42 Å². The van der Waals surface area contributed by atoms with Crippen molar-refractivity contribution >= 4 is 17.6 Å². The zero-order chi connectivity index (χ0) is 12.7. The van der Waals surface area contributed by atoms with E-state index >= 15 is 0 Å². The molecule has 0 aliphatic rings. The molecule has 94 valence electrons. The van der Waals surface area contributed by atoms with Gasteiger partial charge in [0.1, 0.15) is 5.75 Å². The highest BCUT2D eigenvalue weighted by Gasteiger charge is 2.04. The lowest BCUT2D eigenvalue weighted by atomic mass is 10.2. The Kier molecular flexibility index (Phi) is 5.80. The molecule has 0 saturated carbocycles. The largest absolute Gasteiger partial charge is 0.494 e. The van der Waals surface area contributed by atoms with Gasteiger partial charge in [0.05, 0.1) is 13.0 Å². The van der Waals surface area contributed by atoms with Crippen molar-refractivity contribution in [2.75, 3.05) is 13.2 Å². The summed E-state index contributed by atoms with van der Waals surface area (Å²) in [5.74, 6) is -0.0339. The summed E-state index contributed by atoms with van der Waals surface area (Å²) in [7, 11) is 0. The Morgan fingerprint density at radius 3 is 2.94 bits per heavy atom. The van der Waals surface area contributed by atoms with Crippen LogP contribution in [0.25, 0.3) is 0 Å². The molecule has 0 saturated heterocycles. The van der Waals surface area contributed by atoms with E-state index in [0.717, 1.165) is 11.3 Å². The van der Waals surface area contributed by atoms with Crippen LogP contribution < -0.4 is 10.1 Å². The fourth-order valence-corrected chi connectivity index (χ4v) is 1.60. The summed E-state index contributed by atoms with van der Waals surface area (Å²) in [6, 6.07) is 5.41. The zero-order valence-corrected chi connectivity index (χ0v) is 10.5. The van der Waals surface area contributed by atoms with E-state index in [2.05, 4.69) is 5.32 Å². The molecule has 0 aliphatic carbocycles. The molecular weight excluding hydrogens is 242 g/mol. The Bertz CT molecular complexity index is 382. The third kappa shape index (κ3) is 5.06. The summed E-state index contributed by atoms with van der Waals surface area (Å²) in [5.41, 5.74) is 0.935. The highest BCUT2D eigenvalue weighted by atomic mass is 35.5. The average molecular weight is 258 g/mol. The number of aliphatic carboxylic acids is 1. The summed E-state index contributed by atoms with van der Waals surface area (Å²) in [5, 5.41) is 12.2. The highest BCUT2D eigenvalue weighted by molar-refractivity contribution is 6.30. The molecule has 1 aromatic rings. The first-order chi connectivity index (χ1) is 8.13. The molecule has 17 heavy (non-hydrogen) atoms. The minimum absolute atomic E-state index is 0.102. The fraction of sp³-hybridized carbons (Fsp3) is 0.417. The lowest BCUT2D eigenvalue weighted by molar-refractivity contribution is -0.136. The van der Waals surface area contributed by atoms with Gasteiger partial charge in [0, 0.05) is 23.7 Å². The maximum atomic E-state index is 10.3. The van der Waals surface area contributed by atoms with Gasteiger partial charge in [-0.25, -0.2) is 0 Å². The van der Waals surface area contributed by atoms with Gasteiger partial charge in [0.2, 0.25) is 0 Å². The van der Waals surface area contributed by atoms with Gasteiger partial charge < -0.3 is 15.2 Å². The molecule has 0 aliphatic heterocycles. The second-order valence-corrected chi connectivity index (χ2v) is 3.94. The number of carboxylic acid groups (broad SMARTS) is 1. The fourth-order valence-electron chi connectivity index (χ4n) is 1.40. The van der Waals surface area contributed by atoms with Gasteiger partial charge >= 0.3 is 5.97 Å². The number of nitrogens with one attached hydrogen (secondary N) is 1. The third-order valence-electron chi connectivity index (χ3n) is 2.15. The molecule has 0 aromatic heterocycles. The number of halogens is 1. The molecule has 5 heteroatoms. The van der Waals surface area contributed by atoms with E-state index in [1.807, 2.05) is 19.1 Å².